The van der Waals surface area contributed by atoms with E-state index in [1.54, 1.807) is 0 Å². The third-order valence-electron chi connectivity index (χ3n) is 3.23. The van der Waals surface area contributed by atoms with E-state index in [2.05, 4.69) is 27.5 Å². The maximum absolute atomic E-state index is 5.81. The van der Waals surface area contributed by atoms with Gasteiger partial charge in [-0.3, -0.25) is 0 Å². The maximum atomic E-state index is 5.81. The first-order chi connectivity index (χ1) is 9.12. The minimum absolute atomic E-state index is 0.181. The van der Waals surface area contributed by atoms with Gasteiger partial charge in [0.1, 0.15) is 11.8 Å². The number of unbranched alkanes of at least 4 members (excludes halogenated alkanes) is 3. The average molecular weight is 266 g/mol. The summed E-state index contributed by atoms with van der Waals surface area (Å²) in [4.78, 5) is 0. The second kappa shape index (κ2) is 6.34. The molecule has 0 aromatic carbocycles. The van der Waals surface area contributed by atoms with Crippen molar-refractivity contribution in [1.82, 2.24) is 20.6 Å². The van der Waals surface area contributed by atoms with E-state index in [-0.39, 0.29) is 6.10 Å². The van der Waals surface area contributed by atoms with Crippen LogP contribution >= 0.6 is 0 Å². The number of ether oxygens (including phenoxy) is 2. The Hall–Kier alpha value is -1.14. The quantitative estimate of drug-likeness (QED) is 0.735. The van der Waals surface area contributed by atoms with E-state index < -0.39 is 5.79 Å². The minimum Gasteiger partial charge on any atom is -0.347 e. The molecule has 1 unspecified atom stereocenters. The molecule has 19 heavy (non-hydrogen) atoms. The summed E-state index contributed by atoms with van der Waals surface area (Å²) in [5, 5.41) is 15.5. The Morgan fingerprint density at radius 1 is 1.16 bits per heavy atom. The van der Waals surface area contributed by atoms with E-state index >= 15 is 0 Å². The lowest BCUT2D eigenvalue weighted by Gasteiger charge is -2.17. The van der Waals surface area contributed by atoms with E-state index in [0.717, 1.165) is 24.2 Å². The molecule has 0 N–H and O–H groups in total. The number of aromatic nitrogens is 4. The summed E-state index contributed by atoms with van der Waals surface area (Å²) < 4.78 is 11.4. The molecule has 1 fully saturated rings. The zero-order chi connectivity index (χ0) is 13.7. The largest absolute Gasteiger partial charge is 0.347 e. The summed E-state index contributed by atoms with van der Waals surface area (Å²) >= 11 is 0. The highest BCUT2D eigenvalue weighted by Gasteiger charge is 2.36. The van der Waals surface area contributed by atoms with Gasteiger partial charge in [0, 0.05) is 0 Å². The van der Waals surface area contributed by atoms with Crippen LogP contribution in [-0.2, 0) is 15.9 Å². The molecule has 0 saturated carbocycles. The molecule has 0 spiro atoms. The van der Waals surface area contributed by atoms with Crippen molar-refractivity contribution in [3.8, 4) is 0 Å². The molecule has 0 radical (unpaired) electrons. The number of aryl methyl sites for hydroxylation is 1. The number of nitrogens with zero attached hydrogens (tertiary/aromatic N) is 4. The zero-order valence-electron chi connectivity index (χ0n) is 11.9. The van der Waals surface area contributed by atoms with Gasteiger partial charge in [-0.05, 0) is 37.1 Å². The first-order valence-electron chi connectivity index (χ1n) is 6.99. The molecule has 1 aromatic heterocycles. The lowest BCUT2D eigenvalue weighted by atomic mass is 10.1. The molecule has 2 heterocycles. The third-order valence-corrected chi connectivity index (χ3v) is 3.23. The number of hydrogen-bond acceptors (Lipinski definition) is 6. The van der Waals surface area contributed by atoms with Crippen molar-refractivity contribution in [3.63, 3.8) is 0 Å². The molecule has 1 atom stereocenters. The van der Waals surface area contributed by atoms with Gasteiger partial charge in [-0.25, -0.2) is 0 Å². The smallest absolute Gasteiger partial charge is 0.163 e. The average Bonchev–Trinajstić information content (AvgIpc) is 2.75. The highest BCUT2D eigenvalue weighted by atomic mass is 16.7. The second-order valence-corrected chi connectivity index (χ2v) is 5.34. The van der Waals surface area contributed by atoms with E-state index in [9.17, 15) is 0 Å². The monoisotopic (exact) mass is 266 g/mol. The fourth-order valence-corrected chi connectivity index (χ4v) is 2.22. The Morgan fingerprint density at radius 2 is 1.95 bits per heavy atom. The topological polar surface area (TPSA) is 70.0 Å². The third kappa shape index (κ3) is 3.91. The first kappa shape index (κ1) is 14.3. The molecule has 1 aromatic rings. The summed E-state index contributed by atoms with van der Waals surface area (Å²) in [6, 6.07) is 0. The van der Waals surface area contributed by atoms with Gasteiger partial charge in [-0.1, -0.05) is 26.2 Å². The van der Waals surface area contributed by atoms with Crippen LogP contribution in [0.2, 0.25) is 0 Å². The van der Waals surface area contributed by atoms with Crippen molar-refractivity contribution in [2.75, 3.05) is 6.61 Å². The van der Waals surface area contributed by atoms with Crippen LogP contribution in [0.25, 0.3) is 0 Å². The standard InChI is InChI=1S/C13H22N4O2/c1-4-5-6-7-8-10-12(15-17-16-14-10)11-9-18-13(2,3)19-11/h11H,4-9H2,1-3H3. The number of hydrogen-bond donors (Lipinski definition) is 0. The van der Waals surface area contributed by atoms with Crippen LogP contribution in [0.5, 0.6) is 0 Å². The summed E-state index contributed by atoms with van der Waals surface area (Å²) in [6.45, 7) is 6.49. The normalized spacial score (nSPS) is 21.7. The Bertz CT molecular complexity index is 411. The highest BCUT2D eigenvalue weighted by Crippen LogP contribution is 2.32. The van der Waals surface area contributed by atoms with Gasteiger partial charge in [0.15, 0.2) is 5.79 Å². The van der Waals surface area contributed by atoms with Gasteiger partial charge in [0.25, 0.3) is 0 Å². The summed E-state index contributed by atoms with van der Waals surface area (Å²) in [5.74, 6) is -0.560. The van der Waals surface area contributed by atoms with Crippen molar-refractivity contribution in [2.24, 2.45) is 0 Å². The predicted molar refractivity (Wildman–Crippen MR) is 69.3 cm³/mol. The van der Waals surface area contributed by atoms with Crippen molar-refractivity contribution in [3.05, 3.63) is 11.4 Å². The Morgan fingerprint density at radius 3 is 2.63 bits per heavy atom. The van der Waals surface area contributed by atoms with Gasteiger partial charge in [-0.2, -0.15) is 0 Å². The summed E-state index contributed by atoms with van der Waals surface area (Å²) in [6.07, 6.45) is 5.46. The van der Waals surface area contributed by atoms with Crippen LogP contribution in [0.3, 0.4) is 0 Å². The minimum atomic E-state index is -0.560. The Kier molecular flexibility index (Phi) is 4.76. The predicted octanol–water partition coefficient (Wildman–Crippen LogP) is 2.21. The fourth-order valence-electron chi connectivity index (χ4n) is 2.22. The summed E-state index contributed by atoms with van der Waals surface area (Å²) in [7, 11) is 0. The molecule has 0 bridgehead atoms. The fraction of sp³-hybridized carbons (Fsp3) is 0.846. The van der Waals surface area contributed by atoms with Crippen molar-refractivity contribution < 1.29 is 9.47 Å². The lowest BCUT2D eigenvalue weighted by molar-refractivity contribution is -0.139. The molecular weight excluding hydrogens is 244 g/mol. The molecular formula is C13H22N4O2. The second-order valence-electron chi connectivity index (χ2n) is 5.34. The molecule has 106 valence electrons. The molecule has 6 heteroatoms. The number of rotatable bonds is 6. The van der Waals surface area contributed by atoms with Crippen LogP contribution in [0, 0.1) is 0 Å². The van der Waals surface area contributed by atoms with Crippen molar-refractivity contribution in [1.29, 1.82) is 0 Å². The van der Waals surface area contributed by atoms with E-state index in [1.807, 2.05) is 13.8 Å². The molecule has 0 amide bonds. The molecule has 6 nitrogen and oxygen atoms in total. The zero-order valence-corrected chi connectivity index (χ0v) is 11.9. The highest BCUT2D eigenvalue weighted by molar-refractivity contribution is 5.12. The molecule has 2 rings (SSSR count). The molecule has 1 aliphatic rings. The maximum Gasteiger partial charge on any atom is 0.163 e. The van der Waals surface area contributed by atoms with Gasteiger partial charge in [0.05, 0.1) is 12.3 Å². The lowest BCUT2D eigenvalue weighted by Crippen LogP contribution is -2.20. The van der Waals surface area contributed by atoms with Crippen molar-refractivity contribution >= 4 is 0 Å². The SMILES string of the molecule is CCCCCCc1nnnnc1C1COC(C)(C)O1. The Balaban J connectivity index is 2.00. The van der Waals surface area contributed by atoms with Gasteiger partial charge >= 0.3 is 0 Å². The van der Waals surface area contributed by atoms with Crippen LogP contribution < -0.4 is 0 Å². The van der Waals surface area contributed by atoms with Crippen LogP contribution in [0.15, 0.2) is 0 Å². The van der Waals surface area contributed by atoms with E-state index in [0.29, 0.717) is 6.61 Å². The van der Waals surface area contributed by atoms with Gasteiger partial charge in [-0.15, -0.1) is 10.2 Å². The van der Waals surface area contributed by atoms with E-state index in [4.69, 9.17) is 9.47 Å². The van der Waals surface area contributed by atoms with Gasteiger partial charge in [0.2, 0.25) is 0 Å². The van der Waals surface area contributed by atoms with Crippen LogP contribution in [-0.4, -0.2) is 33.0 Å². The molecule has 0 aliphatic carbocycles. The molecule has 1 saturated heterocycles. The van der Waals surface area contributed by atoms with E-state index in [1.165, 1.54) is 19.3 Å². The van der Waals surface area contributed by atoms with Crippen LogP contribution in [0.1, 0.15) is 63.9 Å². The van der Waals surface area contributed by atoms with Crippen molar-refractivity contribution in [2.45, 2.75) is 64.8 Å². The first-order valence-corrected chi connectivity index (χ1v) is 6.99. The van der Waals surface area contributed by atoms with Gasteiger partial charge < -0.3 is 9.47 Å². The Labute approximate surface area is 113 Å². The molecule has 1 aliphatic heterocycles. The summed E-state index contributed by atoms with van der Waals surface area (Å²) in [5.41, 5.74) is 1.66. The van der Waals surface area contributed by atoms with Crippen LogP contribution in [0.4, 0.5) is 0 Å².